The Kier molecular flexibility index (Phi) is 4.31. The summed E-state index contributed by atoms with van der Waals surface area (Å²) in [7, 11) is 0. The number of ether oxygens (including phenoxy) is 1. The van der Waals surface area contributed by atoms with E-state index in [0.29, 0.717) is 13.2 Å². The monoisotopic (exact) mass is 207 g/mol. The quantitative estimate of drug-likeness (QED) is 0.593. The van der Waals surface area contributed by atoms with Crippen LogP contribution in [0.5, 0.6) is 5.75 Å². The third-order valence-corrected chi connectivity index (χ3v) is 2.19. The molecule has 0 unspecified atom stereocenters. The fourth-order valence-electron chi connectivity index (χ4n) is 1.39. The van der Waals surface area contributed by atoms with Gasteiger partial charge in [-0.25, -0.2) is 0 Å². The van der Waals surface area contributed by atoms with E-state index in [2.05, 4.69) is 0 Å². The maximum absolute atomic E-state index is 11.2. The average Bonchev–Trinajstić information content (AvgIpc) is 2.17. The summed E-state index contributed by atoms with van der Waals surface area (Å²) in [5.74, 6) is 0.881. The SMILES string of the molecule is CC(=O)c1ccc(OCCCN)cc1C. The summed E-state index contributed by atoms with van der Waals surface area (Å²) >= 11 is 0. The third-order valence-electron chi connectivity index (χ3n) is 2.19. The highest BCUT2D eigenvalue weighted by molar-refractivity contribution is 5.95. The van der Waals surface area contributed by atoms with Crippen LogP contribution in [0.15, 0.2) is 18.2 Å². The lowest BCUT2D eigenvalue weighted by Gasteiger charge is -2.08. The van der Waals surface area contributed by atoms with Crippen LogP contribution in [0.25, 0.3) is 0 Å². The second-order valence-corrected chi connectivity index (χ2v) is 3.52. The van der Waals surface area contributed by atoms with Crippen LogP contribution < -0.4 is 10.5 Å². The first-order valence-corrected chi connectivity index (χ1v) is 5.09. The number of nitrogens with two attached hydrogens (primary N) is 1. The molecule has 2 N–H and O–H groups in total. The Labute approximate surface area is 90.2 Å². The smallest absolute Gasteiger partial charge is 0.160 e. The van der Waals surface area contributed by atoms with Crippen LogP contribution >= 0.6 is 0 Å². The standard InChI is InChI=1S/C12H17NO2/c1-9-8-11(15-7-3-6-13)4-5-12(9)10(2)14/h4-5,8H,3,6-7,13H2,1-2H3. The molecule has 0 fully saturated rings. The van der Waals surface area contributed by atoms with Gasteiger partial charge in [-0.1, -0.05) is 0 Å². The van der Waals surface area contributed by atoms with Crippen molar-refractivity contribution in [1.29, 1.82) is 0 Å². The van der Waals surface area contributed by atoms with E-state index >= 15 is 0 Å². The van der Waals surface area contributed by atoms with Crippen molar-refractivity contribution in [3.05, 3.63) is 29.3 Å². The zero-order chi connectivity index (χ0) is 11.3. The van der Waals surface area contributed by atoms with Gasteiger partial charge in [-0.15, -0.1) is 0 Å². The molecule has 0 saturated heterocycles. The summed E-state index contributed by atoms with van der Waals surface area (Å²) in [6, 6.07) is 5.50. The van der Waals surface area contributed by atoms with Crippen LogP contribution in [0.4, 0.5) is 0 Å². The lowest BCUT2D eigenvalue weighted by molar-refractivity contribution is 0.101. The molecule has 0 aliphatic rings. The minimum absolute atomic E-state index is 0.0843. The van der Waals surface area contributed by atoms with E-state index in [1.165, 1.54) is 0 Å². The Morgan fingerprint density at radius 1 is 1.47 bits per heavy atom. The van der Waals surface area contributed by atoms with Gasteiger partial charge in [0.05, 0.1) is 6.61 Å². The first-order chi connectivity index (χ1) is 7.15. The Morgan fingerprint density at radius 3 is 2.73 bits per heavy atom. The number of aryl methyl sites for hydroxylation is 1. The van der Waals surface area contributed by atoms with Crippen molar-refractivity contribution < 1.29 is 9.53 Å². The number of hydrogen-bond acceptors (Lipinski definition) is 3. The van der Waals surface area contributed by atoms with Crippen molar-refractivity contribution in [2.45, 2.75) is 20.3 Å². The third kappa shape index (κ3) is 3.36. The molecule has 82 valence electrons. The number of carbonyl (C=O) groups is 1. The molecule has 0 bridgehead atoms. The number of Topliss-reactive ketones (excluding diaryl/α,β-unsaturated/α-hetero) is 1. The number of carbonyl (C=O) groups excluding carboxylic acids is 1. The van der Waals surface area contributed by atoms with E-state index in [0.717, 1.165) is 23.3 Å². The Balaban J connectivity index is 2.69. The summed E-state index contributed by atoms with van der Waals surface area (Å²) < 4.78 is 5.47. The highest BCUT2D eigenvalue weighted by Crippen LogP contribution is 2.17. The van der Waals surface area contributed by atoms with Crippen LogP contribution in [0.2, 0.25) is 0 Å². The highest BCUT2D eigenvalue weighted by atomic mass is 16.5. The van der Waals surface area contributed by atoms with Gasteiger partial charge in [-0.3, -0.25) is 4.79 Å². The van der Waals surface area contributed by atoms with Gasteiger partial charge in [-0.2, -0.15) is 0 Å². The van der Waals surface area contributed by atoms with Crippen LogP contribution in [0.3, 0.4) is 0 Å². The lowest BCUT2D eigenvalue weighted by Crippen LogP contribution is -2.06. The van der Waals surface area contributed by atoms with Gasteiger partial charge >= 0.3 is 0 Å². The molecule has 1 aromatic rings. The largest absolute Gasteiger partial charge is 0.494 e. The summed E-state index contributed by atoms with van der Waals surface area (Å²) in [5.41, 5.74) is 7.06. The molecule has 0 amide bonds. The molecular formula is C12H17NO2. The van der Waals surface area contributed by atoms with Gasteiger partial charge in [0.1, 0.15) is 5.75 Å². The van der Waals surface area contributed by atoms with Crippen LogP contribution in [-0.2, 0) is 0 Å². The number of rotatable bonds is 5. The molecule has 0 atom stereocenters. The molecule has 0 spiro atoms. The predicted octanol–water partition coefficient (Wildman–Crippen LogP) is 1.93. The van der Waals surface area contributed by atoms with Crippen molar-refractivity contribution in [1.82, 2.24) is 0 Å². The van der Waals surface area contributed by atoms with Crippen LogP contribution in [0.1, 0.15) is 29.3 Å². The molecule has 1 rings (SSSR count). The second-order valence-electron chi connectivity index (χ2n) is 3.52. The van der Waals surface area contributed by atoms with Gasteiger partial charge in [0.2, 0.25) is 0 Å². The normalized spacial score (nSPS) is 10.1. The van der Waals surface area contributed by atoms with Crippen molar-refractivity contribution in [3.8, 4) is 5.75 Å². The Hall–Kier alpha value is -1.35. The summed E-state index contributed by atoms with van der Waals surface area (Å²) in [4.78, 5) is 11.2. The molecule has 0 heterocycles. The maximum Gasteiger partial charge on any atom is 0.160 e. The molecule has 0 radical (unpaired) electrons. The highest BCUT2D eigenvalue weighted by Gasteiger charge is 2.04. The minimum atomic E-state index is 0.0843. The predicted molar refractivity (Wildman–Crippen MR) is 60.3 cm³/mol. The Morgan fingerprint density at radius 2 is 2.20 bits per heavy atom. The second kappa shape index (κ2) is 5.51. The van der Waals surface area contributed by atoms with Gasteiger partial charge in [0.15, 0.2) is 5.78 Å². The van der Waals surface area contributed by atoms with Crippen molar-refractivity contribution in [2.24, 2.45) is 5.73 Å². The zero-order valence-electron chi connectivity index (χ0n) is 9.25. The molecule has 15 heavy (non-hydrogen) atoms. The Bertz CT molecular complexity index is 347. The molecule has 0 aromatic heterocycles. The molecule has 0 saturated carbocycles. The molecule has 1 aromatic carbocycles. The molecule has 0 aliphatic carbocycles. The van der Waals surface area contributed by atoms with Crippen molar-refractivity contribution in [3.63, 3.8) is 0 Å². The number of ketones is 1. The van der Waals surface area contributed by atoms with E-state index in [1.807, 2.05) is 19.1 Å². The summed E-state index contributed by atoms with van der Waals surface area (Å²) in [6.45, 7) is 4.73. The topological polar surface area (TPSA) is 52.3 Å². The zero-order valence-corrected chi connectivity index (χ0v) is 9.25. The molecule has 0 aliphatic heterocycles. The van der Waals surface area contributed by atoms with Crippen molar-refractivity contribution in [2.75, 3.05) is 13.2 Å². The summed E-state index contributed by atoms with van der Waals surface area (Å²) in [5, 5.41) is 0. The van der Waals surface area contributed by atoms with E-state index in [-0.39, 0.29) is 5.78 Å². The summed E-state index contributed by atoms with van der Waals surface area (Å²) in [6.07, 6.45) is 0.841. The average molecular weight is 207 g/mol. The fraction of sp³-hybridized carbons (Fsp3) is 0.417. The molecule has 3 heteroatoms. The van der Waals surface area contributed by atoms with Gasteiger partial charge in [-0.05, 0) is 50.6 Å². The van der Waals surface area contributed by atoms with Crippen molar-refractivity contribution >= 4 is 5.78 Å². The molecule has 3 nitrogen and oxygen atoms in total. The van der Waals surface area contributed by atoms with E-state index in [9.17, 15) is 4.79 Å². The van der Waals surface area contributed by atoms with Gasteiger partial charge in [0.25, 0.3) is 0 Å². The lowest BCUT2D eigenvalue weighted by atomic mass is 10.1. The minimum Gasteiger partial charge on any atom is -0.494 e. The van der Waals surface area contributed by atoms with E-state index in [1.54, 1.807) is 13.0 Å². The first kappa shape index (κ1) is 11.7. The molecular weight excluding hydrogens is 190 g/mol. The fourth-order valence-corrected chi connectivity index (χ4v) is 1.39. The van der Waals surface area contributed by atoms with E-state index in [4.69, 9.17) is 10.5 Å². The maximum atomic E-state index is 11.2. The van der Waals surface area contributed by atoms with Crippen LogP contribution in [0, 0.1) is 6.92 Å². The van der Waals surface area contributed by atoms with E-state index < -0.39 is 0 Å². The van der Waals surface area contributed by atoms with Gasteiger partial charge in [0, 0.05) is 5.56 Å². The van der Waals surface area contributed by atoms with Crippen LogP contribution in [-0.4, -0.2) is 18.9 Å². The number of benzene rings is 1. The number of hydrogen-bond donors (Lipinski definition) is 1. The first-order valence-electron chi connectivity index (χ1n) is 5.09. The van der Waals surface area contributed by atoms with Gasteiger partial charge < -0.3 is 10.5 Å².